The number of anilines is 2. The minimum atomic E-state index is -1.00. The Kier molecular flexibility index (Phi) is 4.69. The molecule has 0 spiro atoms. The average molecular weight is 348 g/mol. The molecule has 2 heterocycles. The number of benzene rings is 1. The molecule has 1 saturated heterocycles. The van der Waals surface area contributed by atoms with E-state index in [0.29, 0.717) is 24.3 Å². The summed E-state index contributed by atoms with van der Waals surface area (Å²) in [5.74, 6) is -1.01. The molecule has 2 aliphatic heterocycles. The molecule has 0 aliphatic carbocycles. The fourth-order valence-electron chi connectivity index (χ4n) is 2.60. The van der Waals surface area contributed by atoms with Crippen molar-refractivity contribution in [3.05, 3.63) is 36.3 Å². The number of cyclic esters (lactones) is 1. The summed E-state index contributed by atoms with van der Waals surface area (Å²) < 4.78 is 24.4. The van der Waals surface area contributed by atoms with Crippen LogP contribution in [0.1, 0.15) is 19.8 Å². The van der Waals surface area contributed by atoms with Crippen LogP contribution >= 0.6 is 0 Å². The number of nitrogens with zero attached hydrogens (tertiary/aromatic N) is 2. The van der Waals surface area contributed by atoms with Crippen molar-refractivity contribution in [2.45, 2.75) is 26.1 Å². The van der Waals surface area contributed by atoms with Crippen LogP contribution < -0.4 is 9.80 Å². The monoisotopic (exact) mass is 348 g/mol. The molecule has 0 saturated carbocycles. The van der Waals surface area contributed by atoms with E-state index in [2.05, 4.69) is 0 Å². The van der Waals surface area contributed by atoms with Crippen LogP contribution in [0.3, 0.4) is 0 Å². The Labute approximate surface area is 143 Å². The van der Waals surface area contributed by atoms with Gasteiger partial charge in [-0.3, -0.25) is 14.5 Å². The lowest BCUT2D eigenvalue weighted by Crippen LogP contribution is -2.27. The van der Waals surface area contributed by atoms with Gasteiger partial charge in [0, 0.05) is 25.6 Å². The lowest BCUT2D eigenvalue weighted by atomic mass is 10.1. The molecule has 1 aromatic rings. The van der Waals surface area contributed by atoms with Crippen LogP contribution in [0.25, 0.3) is 0 Å². The average Bonchev–Trinajstić information content (AvgIpc) is 2.96. The maximum atomic E-state index is 14.4. The Morgan fingerprint density at radius 2 is 2.20 bits per heavy atom. The maximum absolute atomic E-state index is 14.4. The van der Waals surface area contributed by atoms with Crippen molar-refractivity contribution in [3.8, 4) is 0 Å². The van der Waals surface area contributed by atoms with Crippen molar-refractivity contribution >= 4 is 29.2 Å². The van der Waals surface area contributed by atoms with E-state index in [1.54, 1.807) is 17.9 Å². The summed E-state index contributed by atoms with van der Waals surface area (Å²) >= 11 is 0. The molecule has 1 aromatic carbocycles. The predicted octanol–water partition coefficient (Wildman–Crippen LogP) is 2.35. The second-order valence-electron chi connectivity index (χ2n) is 5.63. The van der Waals surface area contributed by atoms with E-state index >= 15 is 0 Å². The normalized spacial score (nSPS) is 20.0. The van der Waals surface area contributed by atoms with Crippen molar-refractivity contribution in [3.63, 3.8) is 0 Å². The quantitative estimate of drug-likeness (QED) is 0.778. The Morgan fingerprint density at radius 1 is 1.40 bits per heavy atom. The van der Waals surface area contributed by atoms with Crippen LogP contribution in [0.5, 0.6) is 0 Å². The summed E-state index contributed by atoms with van der Waals surface area (Å²) in [6, 6.07) is 4.32. The van der Waals surface area contributed by atoms with Gasteiger partial charge in [-0.15, -0.1) is 0 Å². The lowest BCUT2D eigenvalue weighted by molar-refractivity contribution is -0.161. The Morgan fingerprint density at radius 3 is 2.84 bits per heavy atom. The Balaban J connectivity index is 1.74. The second kappa shape index (κ2) is 6.92. The van der Waals surface area contributed by atoms with Crippen LogP contribution in [0.15, 0.2) is 30.5 Å². The maximum Gasteiger partial charge on any atom is 0.417 e. The molecular weight excluding hydrogens is 331 g/mol. The number of carbonyl (C=O) groups is 3. The zero-order valence-electron chi connectivity index (χ0n) is 13.6. The molecule has 1 atom stereocenters. The number of amides is 1. The third-order valence-electron chi connectivity index (χ3n) is 3.93. The predicted molar refractivity (Wildman–Crippen MR) is 86.5 cm³/mol. The minimum absolute atomic E-state index is 0.000703. The minimum Gasteiger partial charge on any atom is -0.423 e. The molecule has 132 valence electrons. The van der Waals surface area contributed by atoms with Crippen LogP contribution in [0.2, 0.25) is 0 Å². The highest BCUT2D eigenvalue weighted by atomic mass is 19.1. The third kappa shape index (κ3) is 3.62. The summed E-state index contributed by atoms with van der Waals surface area (Å²) in [4.78, 5) is 37.3. The van der Waals surface area contributed by atoms with E-state index in [1.807, 2.05) is 0 Å². The van der Waals surface area contributed by atoms with E-state index < -0.39 is 24.2 Å². The van der Waals surface area contributed by atoms with E-state index in [-0.39, 0.29) is 18.7 Å². The molecular formula is C17H17FN2O5. The van der Waals surface area contributed by atoms with Gasteiger partial charge in [0.25, 0.3) is 6.29 Å². The van der Waals surface area contributed by atoms with Gasteiger partial charge in [-0.05, 0) is 24.3 Å². The van der Waals surface area contributed by atoms with Gasteiger partial charge in [0.2, 0.25) is 0 Å². The molecule has 1 amide bonds. The van der Waals surface area contributed by atoms with Crippen molar-refractivity contribution in [1.82, 2.24) is 0 Å². The standard InChI is InChI=1S/C17H17FN2O5/c1-2-15(22)24-16-10-20(17(23)25-16)11-3-4-14(13(18)9-11)19-7-5-12(21)6-8-19/h3-5,7,9,16H,2,6,8,10H2,1H3. The smallest absolute Gasteiger partial charge is 0.417 e. The van der Waals surface area contributed by atoms with Crippen molar-refractivity contribution in [2.75, 3.05) is 22.9 Å². The molecule has 0 N–H and O–H groups in total. The van der Waals surface area contributed by atoms with Gasteiger partial charge in [0.1, 0.15) is 12.4 Å². The third-order valence-corrected chi connectivity index (χ3v) is 3.93. The highest BCUT2D eigenvalue weighted by Gasteiger charge is 2.35. The summed E-state index contributed by atoms with van der Waals surface area (Å²) in [6.45, 7) is 2.03. The molecule has 0 radical (unpaired) electrons. The number of carbonyl (C=O) groups excluding carboxylic acids is 3. The van der Waals surface area contributed by atoms with Crippen LogP contribution in [0.4, 0.5) is 20.6 Å². The fourth-order valence-corrected chi connectivity index (χ4v) is 2.60. The van der Waals surface area contributed by atoms with Crippen LogP contribution in [-0.2, 0) is 19.1 Å². The number of halogens is 1. The highest BCUT2D eigenvalue weighted by Crippen LogP contribution is 2.29. The number of rotatable bonds is 4. The van der Waals surface area contributed by atoms with Gasteiger partial charge >= 0.3 is 12.1 Å². The number of hydrogen-bond donors (Lipinski definition) is 0. The van der Waals surface area contributed by atoms with Gasteiger partial charge in [0.05, 0.1) is 11.4 Å². The summed E-state index contributed by atoms with van der Waals surface area (Å²) in [5.41, 5.74) is 0.618. The van der Waals surface area contributed by atoms with Crippen LogP contribution in [0, 0.1) is 5.82 Å². The van der Waals surface area contributed by atoms with Gasteiger partial charge in [0.15, 0.2) is 5.78 Å². The molecule has 3 rings (SSSR count). The second-order valence-corrected chi connectivity index (χ2v) is 5.63. The Hall–Kier alpha value is -2.90. The topological polar surface area (TPSA) is 76.2 Å². The van der Waals surface area contributed by atoms with E-state index in [1.165, 1.54) is 29.3 Å². The first kappa shape index (κ1) is 16.9. The van der Waals surface area contributed by atoms with Crippen molar-refractivity contribution in [1.29, 1.82) is 0 Å². The first-order valence-electron chi connectivity index (χ1n) is 7.92. The summed E-state index contributed by atoms with van der Waals surface area (Å²) in [7, 11) is 0. The lowest BCUT2D eigenvalue weighted by Gasteiger charge is -2.24. The van der Waals surface area contributed by atoms with Gasteiger partial charge in [-0.1, -0.05) is 6.92 Å². The molecule has 2 aliphatic rings. The summed E-state index contributed by atoms with van der Waals surface area (Å²) in [6.07, 6.45) is 1.72. The first-order chi connectivity index (χ1) is 12.0. The van der Waals surface area contributed by atoms with Crippen molar-refractivity contribution < 1.29 is 28.2 Å². The fraction of sp³-hybridized carbons (Fsp3) is 0.353. The number of esters is 1. The molecule has 7 nitrogen and oxygen atoms in total. The van der Waals surface area contributed by atoms with Gasteiger partial charge in [-0.2, -0.15) is 0 Å². The van der Waals surface area contributed by atoms with Crippen molar-refractivity contribution in [2.24, 2.45) is 0 Å². The summed E-state index contributed by atoms with van der Waals surface area (Å²) in [5, 5.41) is 0. The molecule has 25 heavy (non-hydrogen) atoms. The number of ether oxygens (including phenoxy) is 2. The van der Waals surface area contributed by atoms with E-state index in [4.69, 9.17) is 9.47 Å². The van der Waals surface area contributed by atoms with Crippen LogP contribution in [-0.4, -0.2) is 37.2 Å². The largest absolute Gasteiger partial charge is 0.423 e. The Bertz CT molecular complexity index is 749. The molecule has 8 heteroatoms. The molecule has 0 bridgehead atoms. The number of ketones is 1. The SMILES string of the molecule is CCC(=O)OC1CN(c2ccc(N3C=CC(=O)CC3)c(F)c2)C(=O)O1. The molecule has 1 unspecified atom stereocenters. The van der Waals surface area contributed by atoms with E-state index in [9.17, 15) is 18.8 Å². The molecule has 1 fully saturated rings. The number of allylic oxidation sites excluding steroid dienone is 1. The van der Waals surface area contributed by atoms with Gasteiger partial charge < -0.3 is 14.4 Å². The first-order valence-corrected chi connectivity index (χ1v) is 7.92. The van der Waals surface area contributed by atoms with E-state index in [0.717, 1.165) is 0 Å². The van der Waals surface area contributed by atoms with Gasteiger partial charge in [-0.25, -0.2) is 9.18 Å². The zero-order chi connectivity index (χ0) is 18.0. The zero-order valence-corrected chi connectivity index (χ0v) is 13.6. The number of hydrogen-bond acceptors (Lipinski definition) is 6. The molecule has 0 aromatic heterocycles. The highest BCUT2D eigenvalue weighted by molar-refractivity contribution is 5.92.